The molecule has 0 spiro atoms. The van der Waals surface area contributed by atoms with Gasteiger partial charge in [0.05, 0.1) is 6.20 Å². The SMILES string of the molecule is C=CC(=O)ON1C=CC=CO1. The van der Waals surface area contributed by atoms with E-state index >= 15 is 0 Å². The number of carbonyl (C=O) groups is 1. The van der Waals surface area contributed by atoms with Crippen LogP contribution in [0.15, 0.2) is 37.3 Å². The van der Waals surface area contributed by atoms with Gasteiger partial charge in [-0.3, -0.25) is 0 Å². The Balaban J connectivity index is 2.38. The van der Waals surface area contributed by atoms with E-state index in [1.807, 2.05) is 0 Å². The van der Waals surface area contributed by atoms with Gasteiger partial charge in [-0.05, 0) is 17.4 Å². The molecule has 1 aliphatic heterocycles. The Hall–Kier alpha value is -1.71. The minimum Gasteiger partial charge on any atom is -0.354 e. The Bertz CT molecular complexity index is 220. The summed E-state index contributed by atoms with van der Waals surface area (Å²) < 4.78 is 0. The van der Waals surface area contributed by atoms with E-state index in [9.17, 15) is 4.79 Å². The molecule has 1 heterocycles. The molecule has 0 amide bonds. The Morgan fingerprint density at radius 2 is 2.45 bits per heavy atom. The van der Waals surface area contributed by atoms with Gasteiger partial charge in [-0.15, -0.1) is 0 Å². The lowest BCUT2D eigenvalue weighted by atomic mass is 10.6. The predicted molar refractivity (Wildman–Crippen MR) is 37.5 cm³/mol. The monoisotopic (exact) mass is 153 g/mol. The van der Waals surface area contributed by atoms with E-state index in [2.05, 4.69) is 11.4 Å². The summed E-state index contributed by atoms with van der Waals surface area (Å²) in [5.74, 6) is -0.565. The molecule has 4 nitrogen and oxygen atoms in total. The maximum atomic E-state index is 10.6. The number of hydroxylamine groups is 2. The number of allylic oxidation sites excluding steroid dienone is 2. The van der Waals surface area contributed by atoms with Crippen LogP contribution in [0.5, 0.6) is 0 Å². The standard InChI is InChI=1S/C7H7NO3/c1-2-7(9)11-8-5-3-4-6-10-8/h2-6H,1H2. The number of carbonyl (C=O) groups excluding carboxylic acids is 1. The summed E-state index contributed by atoms with van der Waals surface area (Å²) in [7, 11) is 0. The average Bonchev–Trinajstić information content (AvgIpc) is 2.06. The first kappa shape index (κ1) is 7.40. The Kier molecular flexibility index (Phi) is 2.32. The van der Waals surface area contributed by atoms with Crippen LogP contribution < -0.4 is 0 Å². The molecular weight excluding hydrogens is 146 g/mol. The fourth-order valence-corrected chi connectivity index (χ4v) is 0.473. The van der Waals surface area contributed by atoms with Crippen LogP contribution in [0.25, 0.3) is 0 Å². The molecule has 0 aromatic carbocycles. The van der Waals surface area contributed by atoms with E-state index in [-0.39, 0.29) is 0 Å². The van der Waals surface area contributed by atoms with Crippen LogP contribution in [0.4, 0.5) is 0 Å². The van der Waals surface area contributed by atoms with Crippen LogP contribution in [0, 0.1) is 0 Å². The molecule has 0 N–H and O–H groups in total. The first-order valence-electron chi connectivity index (χ1n) is 2.96. The summed E-state index contributed by atoms with van der Waals surface area (Å²) in [6.07, 6.45) is 7.23. The summed E-state index contributed by atoms with van der Waals surface area (Å²) in [4.78, 5) is 19.8. The van der Waals surface area contributed by atoms with Crippen LogP contribution in [0.2, 0.25) is 0 Å². The third kappa shape index (κ3) is 2.17. The highest BCUT2D eigenvalue weighted by molar-refractivity contribution is 5.80. The van der Waals surface area contributed by atoms with Gasteiger partial charge in [0.1, 0.15) is 6.26 Å². The Labute approximate surface area is 63.9 Å². The second-order valence-corrected chi connectivity index (χ2v) is 1.68. The Morgan fingerprint density at radius 3 is 3.00 bits per heavy atom. The maximum absolute atomic E-state index is 10.6. The van der Waals surface area contributed by atoms with Crippen molar-refractivity contribution in [1.82, 2.24) is 5.23 Å². The first-order chi connectivity index (χ1) is 5.33. The minimum atomic E-state index is -0.565. The minimum absolute atomic E-state index is 0.565. The normalized spacial score (nSPS) is 14.0. The smallest absolute Gasteiger partial charge is 0.354 e. The van der Waals surface area contributed by atoms with Crippen molar-refractivity contribution in [1.29, 1.82) is 0 Å². The molecule has 0 saturated heterocycles. The average molecular weight is 153 g/mol. The van der Waals surface area contributed by atoms with Crippen molar-refractivity contribution >= 4 is 5.97 Å². The van der Waals surface area contributed by atoms with Crippen molar-refractivity contribution in [2.45, 2.75) is 0 Å². The molecule has 0 fully saturated rings. The molecule has 0 radical (unpaired) electrons. The summed E-state index contributed by atoms with van der Waals surface area (Å²) in [5.41, 5.74) is 0. The molecule has 11 heavy (non-hydrogen) atoms. The third-order valence-electron chi connectivity index (χ3n) is 0.909. The fourth-order valence-electron chi connectivity index (χ4n) is 0.473. The Morgan fingerprint density at radius 1 is 1.64 bits per heavy atom. The van der Waals surface area contributed by atoms with Crippen LogP contribution in [-0.4, -0.2) is 11.2 Å². The molecule has 1 aliphatic rings. The lowest BCUT2D eigenvalue weighted by molar-refractivity contribution is -0.286. The van der Waals surface area contributed by atoms with Crippen LogP contribution in [0.3, 0.4) is 0 Å². The molecule has 0 aliphatic carbocycles. The van der Waals surface area contributed by atoms with Crippen LogP contribution >= 0.6 is 0 Å². The van der Waals surface area contributed by atoms with Crippen molar-refractivity contribution in [3.05, 3.63) is 37.3 Å². The number of hydrogen-bond donors (Lipinski definition) is 0. The molecule has 58 valence electrons. The molecular formula is C7H7NO3. The maximum Gasteiger partial charge on any atom is 0.359 e. The van der Waals surface area contributed by atoms with Gasteiger partial charge in [0, 0.05) is 6.08 Å². The van der Waals surface area contributed by atoms with E-state index in [1.54, 1.807) is 12.2 Å². The molecule has 0 atom stereocenters. The van der Waals surface area contributed by atoms with Crippen LogP contribution in [0.1, 0.15) is 0 Å². The van der Waals surface area contributed by atoms with E-state index in [4.69, 9.17) is 4.84 Å². The van der Waals surface area contributed by atoms with Gasteiger partial charge in [0.15, 0.2) is 0 Å². The molecule has 1 rings (SSSR count). The van der Waals surface area contributed by atoms with Gasteiger partial charge in [-0.2, -0.15) is 0 Å². The zero-order valence-electron chi connectivity index (χ0n) is 5.77. The molecule has 4 heteroatoms. The van der Waals surface area contributed by atoms with Gasteiger partial charge in [0.25, 0.3) is 0 Å². The summed E-state index contributed by atoms with van der Waals surface area (Å²) >= 11 is 0. The lowest BCUT2D eigenvalue weighted by Crippen LogP contribution is -2.20. The number of hydrogen-bond acceptors (Lipinski definition) is 4. The zero-order valence-corrected chi connectivity index (χ0v) is 5.77. The lowest BCUT2D eigenvalue weighted by Gasteiger charge is -2.16. The van der Waals surface area contributed by atoms with Gasteiger partial charge in [-0.1, -0.05) is 6.58 Å². The molecule has 0 aromatic rings. The number of nitrogens with zero attached hydrogens (tertiary/aromatic N) is 1. The first-order valence-corrected chi connectivity index (χ1v) is 2.96. The fraction of sp³-hybridized carbons (Fsp3) is 0. The summed E-state index contributed by atoms with van der Waals surface area (Å²) in [6.45, 7) is 3.23. The van der Waals surface area contributed by atoms with Gasteiger partial charge >= 0.3 is 5.97 Å². The van der Waals surface area contributed by atoms with Gasteiger partial charge in [0.2, 0.25) is 0 Å². The van der Waals surface area contributed by atoms with E-state index in [0.717, 1.165) is 11.3 Å². The van der Waals surface area contributed by atoms with Gasteiger partial charge in [-0.25, -0.2) is 4.79 Å². The largest absolute Gasteiger partial charge is 0.359 e. The zero-order chi connectivity index (χ0) is 8.10. The highest BCUT2D eigenvalue weighted by Gasteiger charge is 2.04. The van der Waals surface area contributed by atoms with E-state index in [1.165, 1.54) is 12.5 Å². The second kappa shape index (κ2) is 3.46. The van der Waals surface area contributed by atoms with E-state index < -0.39 is 5.97 Å². The van der Waals surface area contributed by atoms with Crippen molar-refractivity contribution < 1.29 is 14.5 Å². The molecule has 0 bridgehead atoms. The second-order valence-electron chi connectivity index (χ2n) is 1.68. The van der Waals surface area contributed by atoms with Crippen LogP contribution in [-0.2, 0) is 14.5 Å². The van der Waals surface area contributed by atoms with Crippen molar-refractivity contribution in [2.75, 3.05) is 0 Å². The summed E-state index contributed by atoms with van der Waals surface area (Å²) in [5, 5.41) is 0.935. The van der Waals surface area contributed by atoms with Crippen molar-refractivity contribution in [3.63, 3.8) is 0 Å². The third-order valence-corrected chi connectivity index (χ3v) is 0.909. The molecule has 0 saturated carbocycles. The van der Waals surface area contributed by atoms with Crippen molar-refractivity contribution in [3.8, 4) is 0 Å². The molecule has 0 unspecified atom stereocenters. The predicted octanol–water partition coefficient (Wildman–Crippen LogP) is 0.905. The highest BCUT2D eigenvalue weighted by Crippen LogP contribution is 2.01. The van der Waals surface area contributed by atoms with Gasteiger partial charge < -0.3 is 9.68 Å². The highest BCUT2D eigenvalue weighted by atomic mass is 17.0. The number of rotatable bonds is 2. The quantitative estimate of drug-likeness (QED) is 0.552. The molecule has 0 aromatic heterocycles. The van der Waals surface area contributed by atoms with Crippen molar-refractivity contribution in [2.24, 2.45) is 0 Å². The topological polar surface area (TPSA) is 38.8 Å². The summed E-state index contributed by atoms with van der Waals surface area (Å²) in [6, 6.07) is 0. The van der Waals surface area contributed by atoms with E-state index in [0.29, 0.717) is 0 Å².